The van der Waals surface area contributed by atoms with Crippen LogP contribution in [0.2, 0.25) is 5.02 Å². The van der Waals surface area contributed by atoms with Crippen LogP contribution in [0, 0.1) is 0 Å². The van der Waals surface area contributed by atoms with Crippen molar-refractivity contribution in [1.29, 1.82) is 0 Å². The molecule has 25 heavy (non-hydrogen) atoms. The van der Waals surface area contributed by atoms with Crippen LogP contribution >= 0.6 is 11.6 Å². The van der Waals surface area contributed by atoms with E-state index in [-0.39, 0.29) is 6.04 Å². The third-order valence-electron chi connectivity index (χ3n) is 4.14. The smallest absolute Gasteiger partial charge is 0.247 e. The molecule has 0 amide bonds. The Labute approximate surface area is 153 Å². The zero-order valence-corrected chi connectivity index (χ0v) is 15.9. The summed E-state index contributed by atoms with van der Waals surface area (Å²) in [6.45, 7) is 0. The van der Waals surface area contributed by atoms with E-state index in [1.165, 1.54) is 10.7 Å². The minimum absolute atomic E-state index is 0.383. The third-order valence-corrected chi connectivity index (χ3v) is 5.39. The van der Waals surface area contributed by atoms with Gasteiger partial charge < -0.3 is 4.90 Å². The number of sulfonamides is 1. The fourth-order valence-electron chi connectivity index (χ4n) is 2.89. The maximum absolute atomic E-state index is 12.2. The average molecular weight is 378 g/mol. The number of nitrogens with zero attached hydrogens (tertiary/aromatic N) is 3. The number of anilines is 1. The van der Waals surface area contributed by atoms with Crippen molar-refractivity contribution in [2.75, 3.05) is 25.3 Å². The number of hydrogen-bond donors (Lipinski definition) is 0. The first kappa shape index (κ1) is 17.8. The molecule has 1 aliphatic heterocycles. The van der Waals surface area contributed by atoms with E-state index in [1.807, 2.05) is 55.4 Å². The monoisotopic (exact) mass is 377 g/mol. The second-order valence-electron chi connectivity index (χ2n) is 6.30. The predicted molar refractivity (Wildman–Crippen MR) is 103 cm³/mol. The van der Waals surface area contributed by atoms with E-state index in [0.29, 0.717) is 11.4 Å². The zero-order chi connectivity index (χ0) is 18.2. The van der Waals surface area contributed by atoms with Gasteiger partial charge in [-0.15, -0.1) is 0 Å². The van der Waals surface area contributed by atoms with Gasteiger partial charge in [-0.25, -0.2) is 8.42 Å². The van der Waals surface area contributed by atoms with Crippen molar-refractivity contribution in [3.8, 4) is 0 Å². The van der Waals surface area contributed by atoms with Crippen LogP contribution in [-0.2, 0) is 10.0 Å². The highest BCUT2D eigenvalue weighted by atomic mass is 35.5. The van der Waals surface area contributed by atoms with Gasteiger partial charge in [-0.2, -0.15) is 9.52 Å². The van der Waals surface area contributed by atoms with Crippen molar-refractivity contribution >= 4 is 33.0 Å². The van der Waals surface area contributed by atoms with Crippen molar-refractivity contribution < 1.29 is 8.42 Å². The van der Waals surface area contributed by atoms with Crippen molar-refractivity contribution in [2.45, 2.75) is 12.5 Å². The van der Waals surface area contributed by atoms with E-state index in [2.05, 4.69) is 5.10 Å². The number of benzene rings is 2. The van der Waals surface area contributed by atoms with E-state index in [4.69, 9.17) is 11.6 Å². The van der Waals surface area contributed by atoms with Crippen LogP contribution in [0.4, 0.5) is 5.69 Å². The number of halogens is 1. The van der Waals surface area contributed by atoms with Crippen LogP contribution in [0.5, 0.6) is 0 Å². The summed E-state index contributed by atoms with van der Waals surface area (Å²) in [7, 11) is 0.443. The normalized spacial score (nSPS) is 17.5. The Balaban J connectivity index is 2.01. The molecule has 0 saturated carbocycles. The number of hydrazone groups is 1. The summed E-state index contributed by atoms with van der Waals surface area (Å²) in [4.78, 5) is 2.00. The Kier molecular flexibility index (Phi) is 4.75. The van der Waals surface area contributed by atoms with Gasteiger partial charge in [0.1, 0.15) is 0 Å². The van der Waals surface area contributed by atoms with Gasteiger partial charge in [0.15, 0.2) is 0 Å². The molecule has 0 saturated heterocycles. The van der Waals surface area contributed by atoms with Gasteiger partial charge in [0.25, 0.3) is 0 Å². The zero-order valence-electron chi connectivity index (χ0n) is 14.3. The minimum atomic E-state index is -3.49. The highest BCUT2D eigenvalue weighted by Crippen LogP contribution is 2.35. The van der Waals surface area contributed by atoms with Gasteiger partial charge in [-0.3, -0.25) is 0 Å². The molecule has 3 rings (SSSR count). The first-order valence-corrected chi connectivity index (χ1v) is 10.1. The summed E-state index contributed by atoms with van der Waals surface area (Å²) >= 11 is 6.08. The third kappa shape index (κ3) is 3.80. The summed E-state index contributed by atoms with van der Waals surface area (Å²) in [6.07, 6.45) is 1.68. The van der Waals surface area contributed by atoms with Crippen molar-refractivity contribution in [3.05, 3.63) is 64.7 Å². The fourth-order valence-corrected chi connectivity index (χ4v) is 4.00. The lowest BCUT2D eigenvalue weighted by Gasteiger charge is -2.21. The molecule has 2 aromatic rings. The van der Waals surface area contributed by atoms with Gasteiger partial charge in [-0.05, 0) is 35.4 Å². The summed E-state index contributed by atoms with van der Waals surface area (Å²) in [5, 5.41) is 5.00. The van der Waals surface area contributed by atoms with Gasteiger partial charge in [0.05, 0.1) is 18.0 Å². The first-order valence-electron chi connectivity index (χ1n) is 7.86. The molecule has 132 valence electrons. The van der Waals surface area contributed by atoms with E-state index >= 15 is 0 Å². The van der Waals surface area contributed by atoms with Crippen LogP contribution < -0.4 is 4.90 Å². The number of hydrogen-bond acceptors (Lipinski definition) is 4. The molecule has 0 radical (unpaired) electrons. The van der Waals surface area contributed by atoms with Gasteiger partial charge in [-0.1, -0.05) is 35.9 Å². The van der Waals surface area contributed by atoms with Crippen molar-refractivity contribution in [3.63, 3.8) is 0 Å². The SMILES string of the molecule is CN(C)c1cccc(C2=NN(S(C)(=O)=O)[C@@H](c3cccc(Cl)c3)C2)c1. The Morgan fingerprint density at radius 1 is 1.16 bits per heavy atom. The molecule has 0 bridgehead atoms. The van der Waals surface area contributed by atoms with Crippen LogP contribution in [0.25, 0.3) is 0 Å². The molecule has 5 nitrogen and oxygen atoms in total. The average Bonchev–Trinajstić information content (AvgIpc) is 3.00. The molecule has 0 spiro atoms. The second kappa shape index (κ2) is 6.69. The molecular formula is C18H20ClN3O2S. The molecule has 0 fully saturated rings. The van der Waals surface area contributed by atoms with Crippen LogP contribution in [0.3, 0.4) is 0 Å². The lowest BCUT2D eigenvalue weighted by atomic mass is 9.99. The van der Waals surface area contributed by atoms with E-state index in [0.717, 1.165) is 22.5 Å². The second-order valence-corrected chi connectivity index (χ2v) is 8.58. The summed E-state index contributed by atoms with van der Waals surface area (Å²) in [5.41, 5.74) is 3.54. The Morgan fingerprint density at radius 3 is 2.52 bits per heavy atom. The summed E-state index contributed by atoms with van der Waals surface area (Å²) in [6, 6.07) is 14.8. The molecular weight excluding hydrogens is 358 g/mol. The number of rotatable bonds is 4. The summed E-state index contributed by atoms with van der Waals surface area (Å²) < 4.78 is 25.7. The van der Waals surface area contributed by atoms with Crippen LogP contribution in [-0.4, -0.2) is 38.9 Å². The first-order chi connectivity index (χ1) is 11.8. The van der Waals surface area contributed by atoms with E-state index < -0.39 is 10.0 Å². The van der Waals surface area contributed by atoms with Gasteiger partial charge >= 0.3 is 0 Å². The fraction of sp³-hybridized carbons (Fsp3) is 0.278. The molecule has 1 atom stereocenters. The minimum Gasteiger partial charge on any atom is -0.378 e. The largest absolute Gasteiger partial charge is 0.378 e. The topological polar surface area (TPSA) is 53.0 Å². The molecule has 7 heteroatoms. The summed E-state index contributed by atoms with van der Waals surface area (Å²) in [5.74, 6) is 0. The quantitative estimate of drug-likeness (QED) is 0.819. The van der Waals surface area contributed by atoms with Crippen LogP contribution in [0.15, 0.2) is 53.6 Å². The van der Waals surface area contributed by atoms with Gasteiger partial charge in [0, 0.05) is 31.2 Å². The van der Waals surface area contributed by atoms with E-state index in [1.54, 1.807) is 12.1 Å². The van der Waals surface area contributed by atoms with Gasteiger partial charge in [0.2, 0.25) is 10.0 Å². The maximum Gasteiger partial charge on any atom is 0.247 e. The van der Waals surface area contributed by atoms with Crippen molar-refractivity contribution in [2.24, 2.45) is 5.10 Å². The van der Waals surface area contributed by atoms with Crippen molar-refractivity contribution in [1.82, 2.24) is 4.41 Å². The molecule has 0 unspecified atom stereocenters. The lowest BCUT2D eigenvalue weighted by Crippen LogP contribution is -2.25. The highest BCUT2D eigenvalue weighted by molar-refractivity contribution is 7.88. The highest BCUT2D eigenvalue weighted by Gasteiger charge is 2.34. The Morgan fingerprint density at radius 2 is 1.88 bits per heavy atom. The molecule has 0 N–H and O–H groups in total. The van der Waals surface area contributed by atoms with Crippen LogP contribution in [0.1, 0.15) is 23.6 Å². The molecule has 0 aliphatic carbocycles. The Bertz CT molecular complexity index is 925. The van der Waals surface area contributed by atoms with E-state index in [9.17, 15) is 8.42 Å². The Hall–Kier alpha value is -2.05. The molecule has 0 aromatic heterocycles. The maximum atomic E-state index is 12.2. The molecule has 1 heterocycles. The molecule has 2 aromatic carbocycles. The lowest BCUT2D eigenvalue weighted by molar-refractivity contribution is 0.375. The molecule has 1 aliphatic rings. The standard InChI is InChI=1S/C18H20ClN3O2S/c1-21(2)16-9-5-6-13(11-16)17-12-18(22(20-17)25(3,23)24)14-7-4-8-15(19)10-14/h4-11,18H,12H2,1-3H3/t18-/m1/s1. The predicted octanol–water partition coefficient (Wildman–Crippen LogP) is 3.52.